The highest BCUT2D eigenvalue weighted by atomic mass is 16.3. The molecule has 0 atom stereocenters. The minimum atomic E-state index is -0.219. The van der Waals surface area contributed by atoms with Crippen LogP contribution in [0.2, 0.25) is 0 Å². The van der Waals surface area contributed by atoms with Crippen LogP contribution in [0.3, 0.4) is 0 Å². The van der Waals surface area contributed by atoms with Gasteiger partial charge in [0.25, 0.3) is 5.91 Å². The average molecular weight is 410 g/mol. The number of anilines is 1. The van der Waals surface area contributed by atoms with E-state index >= 15 is 0 Å². The maximum Gasteiger partial charge on any atom is 0.273 e. The molecule has 0 bridgehead atoms. The van der Waals surface area contributed by atoms with Gasteiger partial charge in [0.1, 0.15) is 5.69 Å². The highest BCUT2D eigenvalue weighted by Crippen LogP contribution is 2.23. The van der Waals surface area contributed by atoms with Gasteiger partial charge in [-0.05, 0) is 18.1 Å². The minimum Gasteiger partial charge on any atom is -0.463 e. The largest absolute Gasteiger partial charge is 0.463 e. The van der Waals surface area contributed by atoms with E-state index in [1.165, 1.54) is 5.56 Å². The lowest BCUT2D eigenvalue weighted by molar-refractivity contribution is 0.101. The van der Waals surface area contributed by atoms with Gasteiger partial charge in [0.15, 0.2) is 11.4 Å². The zero-order valence-corrected chi connectivity index (χ0v) is 17.2. The van der Waals surface area contributed by atoms with E-state index in [0.29, 0.717) is 30.2 Å². The number of hydrogen-bond donors (Lipinski definition) is 1. The van der Waals surface area contributed by atoms with Gasteiger partial charge in [-0.1, -0.05) is 60.2 Å². The Balaban J connectivity index is 1.37. The molecule has 0 aliphatic heterocycles. The molecule has 0 aliphatic carbocycles. The molecule has 0 unspecified atom stereocenters. The first kappa shape index (κ1) is 18.9. The molecule has 0 saturated carbocycles. The van der Waals surface area contributed by atoms with Crippen LogP contribution in [-0.4, -0.2) is 20.3 Å². The molecule has 0 saturated heterocycles. The van der Waals surface area contributed by atoms with Crippen molar-refractivity contribution in [2.24, 2.45) is 0 Å². The molecule has 1 amide bonds. The SMILES string of the molecule is Cc1ccc(Cn2c(C(=O)Nc3ccn(Cc4ccccc4)n3)cc3occc32)cc1. The maximum atomic E-state index is 13.1. The first-order valence-electron chi connectivity index (χ1n) is 10.2. The van der Waals surface area contributed by atoms with Gasteiger partial charge in [0, 0.05) is 30.9 Å². The normalized spacial score (nSPS) is 11.1. The van der Waals surface area contributed by atoms with E-state index in [2.05, 4.69) is 41.6 Å². The standard InChI is InChI=1S/C25H22N4O2/c1-18-7-9-20(10-8-18)17-29-21-12-14-31-23(21)15-22(29)25(30)26-24-11-13-28(27-24)16-19-5-3-2-4-6-19/h2-15H,16-17H2,1H3,(H,26,27,30). The van der Waals surface area contributed by atoms with Crippen molar-refractivity contribution in [2.75, 3.05) is 5.32 Å². The number of hydrogen-bond acceptors (Lipinski definition) is 3. The number of benzene rings is 2. The second kappa shape index (κ2) is 7.99. The summed E-state index contributed by atoms with van der Waals surface area (Å²) in [6.45, 7) is 3.28. The van der Waals surface area contributed by atoms with Crippen molar-refractivity contribution >= 4 is 22.8 Å². The first-order valence-corrected chi connectivity index (χ1v) is 10.2. The maximum absolute atomic E-state index is 13.1. The van der Waals surface area contributed by atoms with Gasteiger partial charge in [-0.25, -0.2) is 0 Å². The van der Waals surface area contributed by atoms with Gasteiger partial charge in [0.05, 0.1) is 18.3 Å². The third-order valence-corrected chi connectivity index (χ3v) is 5.29. The predicted octanol–water partition coefficient (Wildman–Crippen LogP) is 5.09. The summed E-state index contributed by atoms with van der Waals surface area (Å²) in [6, 6.07) is 23.9. The number of nitrogens with one attached hydrogen (secondary N) is 1. The number of fused-ring (bicyclic) bond motifs is 1. The Bertz CT molecular complexity index is 1330. The Hall–Kier alpha value is -4.06. The summed E-state index contributed by atoms with van der Waals surface area (Å²) in [5.41, 5.74) is 5.58. The smallest absolute Gasteiger partial charge is 0.273 e. The number of nitrogens with zero attached hydrogens (tertiary/aromatic N) is 3. The predicted molar refractivity (Wildman–Crippen MR) is 120 cm³/mol. The van der Waals surface area contributed by atoms with Crippen molar-refractivity contribution in [3.8, 4) is 0 Å². The van der Waals surface area contributed by atoms with Crippen LogP contribution in [-0.2, 0) is 13.1 Å². The molecule has 0 aliphatic rings. The van der Waals surface area contributed by atoms with Crippen LogP contribution >= 0.6 is 0 Å². The van der Waals surface area contributed by atoms with Crippen LogP contribution in [0.25, 0.3) is 11.1 Å². The van der Waals surface area contributed by atoms with Crippen molar-refractivity contribution in [3.05, 3.63) is 108 Å². The van der Waals surface area contributed by atoms with Crippen LogP contribution in [0, 0.1) is 6.92 Å². The monoisotopic (exact) mass is 410 g/mol. The molecule has 1 N–H and O–H groups in total. The lowest BCUT2D eigenvalue weighted by atomic mass is 10.1. The molecule has 3 heterocycles. The Morgan fingerprint density at radius 2 is 1.74 bits per heavy atom. The number of aryl methyl sites for hydroxylation is 1. The fourth-order valence-electron chi connectivity index (χ4n) is 3.68. The molecule has 154 valence electrons. The van der Waals surface area contributed by atoms with Gasteiger partial charge < -0.3 is 14.3 Å². The molecule has 3 aromatic heterocycles. The summed E-state index contributed by atoms with van der Waals surface area (Å²) in [6.07, 6.45) is 3.50. The van der Waals surface area contributed by atoms with Crippen LogP contribution < -0.4 is 5.32 Å². The van der Waals surface area contributed by atoms with Gasteiger partial charge in [-0.2, -0.15) is 5.10 Å². The third kappa shape index (κ3) is 4.00. The number of carbonyl (C=O) groups is 1. The Morgan fingerprint density at radius 1 is 0.968 bits per heavy atom. The lowest BCUT2D eigenvalue weighted by Crippen LogP contribution is -2.18. The van der Waals surface area contributed by atoms with E-state index in [-0.39, 0.29) is 5.91 Å². The Morgan fingerprint density at radius 3 is 2.55 bits per heavy atom. The molecule has 5 aromatic rings. The van der Waals surface area contributed by atoms with Gasteiger partial charge in [-0.3, -0.25) is 9.48 Å². The van der Waals surface area contributed by atoms with Crippen LogP contribution in [0.5, 0.6) is 0 Å². The highest BCUT2D eigenvalue weighted by molar-refractivity contribution is 6.05. The van der Waals surface area contributed by atoms with E-state index in [4.69, 9.17) is 4.42 Å². The highest BCUT2D eigenvalue weighted by Gasteiger charge is 2.18. The summed E-state index contributed by atoms with van der Waals surface area (Å²) in [7, 11) is 0. The zero-order valence-electron chi connectivity index (χ0n) is 17.2. The van der Waals surface area contributed by atoms with Crippen LogP contribution in [0.1, 0.15) is 27.2 Å². The molecule has 6 nitrogen and oxygen atoms in total. The molecule has 0 radical (unpaired) electrons. The minimum absolute atomic E-state index is 0.219. The lowest BCUT2D eigenvalue weighted by Gasteiger charge is -2.10. The topological polar surface area (TPSA) is 65.0 Å². The van der Waals surface area contributed by atoms with E-state index in [9.17, 15) is 4.79 Å². The molecular formula is C25H22N4O2. The summed E-state index contributed by atoms with van der Waals surface area (Å²) in [5.74, 6) is 0.295. The first-order chi connectivity index (χ1) is 15.2. The second-order valence-corrected chi connectivity index (χ2v) is 7.61. The van der Waals surface area contributed by atoms with E-state index in [1.807, 2.05) is 51.8 Å². The van der Waals surface area contributed by atoms with Gasteiger partial charge in [0.2, 0.25) is 0 Å². The summed E-state index contributed by atoms with van der Waals surface area (Å²) in [4.78, 5) is 13.1. The van der Waals surface area contributed by atoms with Crippen molar-refractivity contribution in [1.82, 2.24) is 14.3 Å². The summed E-state index contributed by atoms with van der Waals surface area (Å²) < 4.78 is 9.33. The van der Waals surface area contributed by atoms with Gasteiger partial charge in [-0.15, -0.1) is 0 Å². The molecule has 5 rings (SSSR count). The summed E-state index contributed by atoms with van der Waals surface area (Å²) in [5, 5.41) is 7.41. The van der Waals surface area contributed by atoms with Gasteiger partial charge >= 0.3 is 0 Å². The van der Waals surface area contributed by atoms with Crippen LogP contribution in [0.15, 0.2) is 89.7 Å². The number of aromatic nitrogens is 3. The fourth-order valence-corrected chi connectivity index (χ4v) is 3.68. The van der Waals surface area contributed by atoms with Crippen molar-refractivity contribution in [2.45, 2.75) is 20.0 Å². The van der Waals surface area contributed by atoms with Crippen molar-refractivity contribution in [1.29, 1.82) is 0 Å². The fraction of sp³-hybridized carbons (Fsp3) is 0.120. The van der Waals surface area contributed by atoms with E-state index in [1.54, 1.807) is 18.4 Å². The summed E-state index contributed by atoms with van der Waals surface area (Å²) >= 11 is 0. The van der Waals surface area contributed by atoms with Crippen molar-refractivity contribution < 1.29 is 9.21 Å². The Kier molecular flexibility index (Phi) is 4.88. The number of amides is 1. The van der Waals surface area contributed by atoms with Crippen molar-refractivity contribution in [3.63, 3.8) is 0 Å². The number of carbonyl (C=O) groups excluding carboxylic acids is 1. The van der Waals surface area contributed by atoms with Crippen LogP contribution in [0.4, 0.5) is 5.82 Å². The zero-order chi connectivity index (χ0) is 21.2. The second-order valence-electron chi connectivity index (χ2n) is 7.61. The third-order valence-electron chi connectivity index (χ3n) is 5.29. The molecule has 0 fully saturated rings. The molecule has 6 heteroatoms. The van der Waals surface area contributed by atoms with E-state index in [0.717, 1.165) is 16.6 Å². The average Bonchev–Trinajstić information content (AvgIpc) is 3.48. The molecular weight excluding hydrogens is 388 g/mol. The number of furan rings is 1. The Labute approximate surface area is 179 Å². The molecule has 2 aromatic carbocycles. The van der Waals surface area contributed by atoms with E-state index < -0.39 is 0 Å². The number of rotatable bonds is 6. The molecule has 31 heavy (non-hydrogen) atoms. The molecule has 0 spiro atoms. The quantitative estimate of drug-likeness (QED) is 0.424.